The van der Waals surface area contributed by atoms with Crippen LogP contribution in [0, 0.1) is 0 Å². The van der Waals surface area contributed by atoms with Crippen molar-refractivity contribution in [1.29, 1.82) is 0 Å². The maximum atomic E-state index is 12.7. The summed E-state index contributed by atoms with van der Waals surface area (Å²) in [6, 6.07) is 15.2. The molecule has 3 aromatic rings. The highest BCUT2D eigenvalue weighted by atomic mass is 19.4. The van der Waals surface area contributed by atoms with E-state index in [1.807, 2.05) is 0 Å². The van der Waals surface area contributed by atoms with Gasteiger partial charge in [0.1, 0.15) is 6.61 Å². The van der Waals surface area contributed by atoms with Gasteiger partial charge in [-0.25, -0.2) is 4.98 Å². The van der Waals surface area contributed by atoms with Gasteiger partial charge in [0.2, 0.25) is 0 Å². The monoisotopic (exact) mass is 431 g/mol. The van der Waals surface area contributed by atoms with Crippen LogP contribution in [0.3, 0.4) is 0 Å². The summed E-state index contributed by atoms with van der Waals surface area (Å²) >= 11 is 0. The molecule has 0 radical (unpaired) electrons. The topological polar surface area (TPSA) is 68.7 Å². The molecule has 1 heterocycles. The van der Waals surface area contributed by atoms with E-state index < -0.39 is 17.7 Å². The maximum Gasteiger partial charge on any atom is 0.416 e. The molecule has 0 aliphatic heterocycles. The number of aliphatic carboxylic acids is 1. The van der Waals surface area contributed by atoms with Crippen LogP contribution in [0.5, 0.6) is 11.5 Å². The number of rotatable bonds is 8. The minimum atomic E-state index is -4.39. The van der Waals surface area contributed by atoms with Crippen LogP contribution in [0.15, 0.2) is 60.7 Å². The number of halogens is 3. The molecule has 0 aliphatic carbocycles. The van der Waals surface area contributed by atoms with Gasteiger partial charge in [-0.1, -0.05) is 24.3 Å². The number of methoxy groups -OCH3 is 1. The third-order valence-electron chi connectivity index (χ3n) is 4.55. The molecule has 162 valence electrons. The maximum absolute atomic E-state index is 12.7. The predicted molar refractivity (Wildman–Crippen MR) is 108 cm³/mol. The van der Waals surface area contributed by atoms with Crippen LogP contribution in [0.1, 0.15) is 23.2 Å². The Morgan fingerprint density at radius 1 is 1.03 bits per heavy atom. The zero-order valence-corrected chi connectivity index (χ0v) is 16.6. The molecule has 0 amide bonds. The van der Waals surface area contributed by atoms with Gasteiger partial charge in [-0.15, -0.1) is 0 Å². The van der Waals surface area contributed by atoms with Gasteiger partial charge in [0.25, 0.3) is 0 Å². The molecule has 8 heteroatoms. The van der Waals surface area contributed by atoms with Crippen molar-refractivity contribution < 1.29 is 32.5 Å². The van der Waals surface area contributed by atoms with Gasteiger partial charge >= 0.3 is 12.1 Å². The SMILES string of the molecule is COc1cc(CCC(=O)O)ccc1OCc1cccc(-c2ccc(C(F)(F)F)cc2)n1. The smallest absolute Gasteiger partial charge is 0.416 e. The van der Waals surface area contributed by atoms with E-state index in [-0.39, 0.29) is 13.0 Å². The molecule has 1 N–H and O–H groups in total. The molecule has 2 aromatic carbocycles. The lowest BCUT2D eigenvalue weighted by Gasteiger charge is -2.12. The van der Waals surface area contributed by atoms with Crippen LogP contribution in [-0.2, 0) is 24.0 Å². The van der Waals surface area contributed by atoms with Gasteiger partial charge in [0.15, 0.2) is 11.5 Å². The van der Waals surface area contributed by atoms with Gasteiger partial charge in [-0.05, 0) is 48.4 Å². The molecule has 3 rings (SSSR count). The van der Waals surface area contributed by atoms with E-state index >= 15 is 0 Å². The zero-order chi connectivity index (χ0) is 22.4. The normalized spacial score (nSPS) is 11.2. The molecular weight excluding hydrogens is 411 g/mol. The van der Waals surface area contributed by atoms with E-state index in [1.54, 1.807) is 36.4 Å². The number of ether oxygens (including phenoxy) is 2. The van der Waals surface area contributed by atoms with E-state index in [0.717, 1.165) is 17.7 Å². The highest BCUT2D eigenvalue weighted by Crippen LogP contribution is 2.31. The molecule has 0 bridgehead atoms. The molecule has 1 aromatic heterocycles. The molecule has 31 heavy (non-hydrogen) atoms. The van der Waals surface area contributed by atoms with Crippen molar-refractivity contribution in [3.05, 3.63) is 77.5 Å². The van der Waals surface area contributed by atoms with E-state index in [0.29, 0.717) is 34.9 Å². The van der Waals surface area contributed by atoms with Crippen LogP contribution in [0.25, 0.3) is 11.3 Å². The second-order valence-electron chi connectivity index (χ2n) is 6.76. The quantitative estimate of drug-likeness (QED) is 0.519. The number of hydrogen-bond donors (Lipinski definition) is 1. The van der Waals surface area contributed by atoms with E-state index in [1.165, 1.54) is 19.2 Å². The fourth-order valence-corrected chi connectivity index (χ4v) is 2.94. The van der Waals surface area contributed by atoms with Crippen molar-refractivity contribution in [2.45, 2.75) is 25.6 Å². The summed E-state index contributed by atoms with van der Waals surface area (Å²) < 4.78 is 49.4. The van der Waals surface area contributed by atoms with Crippen molar-refractivity contribution in [3.8, 4) is 22.8 Å². The fraction of sp³-hybridized carbons (Fsp3) is 0.217. The van der Waals surface area contributed by atoms with Crippen LogP contribution >= 0.6 is 0 Å². The third-order valence-corrected chi connectivity index (χ3v) is 4.55. The average Bonchev–Trinajstić information content (AvgIpc) is 2.76. The molecule has 0 fully saturated rings. The summed E-state index contributed by atoms with van der Waals surface area (Å²) in [5.74, 6) is 0.0726. The molecule has 0 aliphatic rings. The lowest BCUT2D eigenvalue weighted by atomic mass is 10.1. The number of aryl methyl sites for hydroxylation is 1. The largest absolute Gasteiger partial charge is 0.493 e. The Bertz CT molecular complexity index is 1050. The highest BCUT2D eigenvalue weighted by Gasteiger charge is 2.30. The van der Waals surface area contributed by atoms with Crippen molar-refractivity contribution in [3.63, 3.8) is 0 Å². The van der Waals surface area contributed by atoms with Gasteiger partial charge in [-0.2, -0.15) is 13.2 Å². The lowest BCUT2D eigenvalue weighted by molar-refractivity contribution is -0.138. The summed E-state index contributed by atoms with van der Waals surface area (Å²) in [6.45, 7) is 0.124. The number of nitrogens with zero attached hydrogens (tertiary/aromatic N) is 1. The first-order valence-electron chi connectivity index (χ1n) is 9.41. The van der Waals surface area contributed by atoms with Crippen molar-refractivity contribution in [2.75, 3.05) is 7.11 Å². The second kappa shape index (κ2) is 9.51. The summed E-state index contributed by atoms with van der Waals surface area (Å²) in [4.78, 5) is 15.2. The molecule has 0 saturated heterocycles. The number of carbonyl (C=O) groups is 1. The number of carboxylic acids is 1. The number of carboxylic acid groups (broad SMARTS) is 1. The highest BCUT2D eigenvalue weighted by molar-refractivity contribution is 5.67. The number of alkyl halides is 3. The minimum Gasteiger partial charge on any atom is -0.493 e. The predicted octanol–water partition coefficient (Wildman–Crippen LogP) is 5.37. The van der Waals surface area contributed by atoms with Crippen molar-refractivity contribution in [2.24, 2.45) is 0 Å². The molecule has 0 saturated carbocycles. The van der Waals surface area contributed by atoms with E-state index in [9.17, 15) is 18.0 Å². The summed E-state index contributed by atoms with van der Waals surface area (Å²) in [5, 5.41) is 8.81. The lowest BCUT2D eigenvalue weighted by Crippen LogP contribution is -2.04. The van der Waals surface area contributed by atoms with Gasteiger partial charge < -0.3 is 14.6 Å². The van der Waals surface area contributed by atoms with Crippen LogP contribution in [0.4, 0.5) is 13.2 Å². The van der Waals surface area contributed by atoms with Crippen LogP contribution in [0.2, 0.25) is 0 Å². The Balaban J connectivity index is 1.71. The molecule has 5 nitrogen and oxygen atoms in total. The zero-order valence-electron chi connectivity index (χ0n) is 16.6. The first-order chi connectivity index (χ1) is 14.8. The Morgan fingerprint density at radius 3 is 2.42 bits per heavy atom. The Morgan fingerprint density at radius 2 is 1.77 bits per heavy atom. The molecule has 0 spiro atoms. The fourth-order valence-electron chi connectivity index (χ4n) is 2.94. The van der Waals surface area contributed by atoms with Crippen LogP contribution in [-0.4, -0.2) is 23.2 Å². The van der Waals surface area contributed by atoms with E-state index in [4.69, 9.17) is 14.6 Å². The Hall–Kier alpha value is -3.55. The second-order valence-corrected chi connectivity index (χ2v) is 6.76. The average molecular weight is 431 g/mol. The first-order valence-corrected chi connectivity index (χ1v) is 9.41. The molecule has 0 unspecified atom stereocenters. The number of aromatic nitrogens is 1. The van der Waals surface area contributed by atoms with Gasteiger partial charge in [-0.3, -0.25) is 4.79 Å². The van der Waals surface area contributed by atoms with Gasteiger partial charge in [0, 0.05) is 12.0 Å². The summed E-state index contributed by atoms with van der Waals surface area (Å²) in [6.07, 6.45) is -3.99. The first kappa shape index (κ1) is 22.1. The van der Waals surface area contributed by atoms with Crippen molar-refractivity contribution in [1.82, 2.24) is 4.98 Å². The number of benzene rings is 2. The standard InChI is InChI=1S/C23H20F3NO4/c1-30-21-13-15(6-12-22(28)29)5-11-20(21)31-14-18-3-2-4-19(27-18)16-7-9-17(10-8-16)23(24,25)26/h2-5,7-11,13H,6,12,14H2,1H3,(H,28,29). The Kier molecular flexibility index (Phi) is 6.79. The van der Waals surface area contributed by atoms with E-state index in [2.05, 4.69) is 4.98 Å². The third kappa shape index (κ3) is 5.97. The number of hydrogen-bond acceptors (Lipinski definition) is 4. The minimum absolute atomic E-state index is 0.0179. The molecular formula is C23H20F3NO4. The molecule has 0 atom stereocenters. The Labute approximate surface area is 177 Å². The van der Waals surface area contributed by atoms with Crippen LogP contribution < -0.4 is 9.47 Å². The summed E-state index contributed by atoms with van der Waals surface area (Å²) in [7, 11) is 1.49. The summed E-state index contributed by atoms with van der Waals surface area (Å²) in [5.41, 5.74) is 1.79. The van der Waals surface area contributed by atoms with Gasteiger partial charge in [0.05, 0.1) is 24.1 Å². The van der Waals surface area contributed by atoms with Crippen molar-refractivity contribution >= 4 is 5.97 Å². The number of pyridine rings is 1.